The fourth-order valence-corrected chi connectivity index (χ4v) is 0.794. The van der Waals surface area contributed by atoms with Crippen LogP contribution in [0.1, 0.15) is 8.30 Å². The third-order valence-electron chi connectivity index (χ3n) is 1.42. The number of carbonyl (C=O) groups is 1. The van der Waals surface area contributed by atoms with Gasteiger partial charge in [-0.1, -0.05) is 30.3 Å². The maximum Gasteiger partial charge on any atom is 0.331 e. The summed E-state index contributed by atoms with van der Waals surface area (Å²) in [5.74, 6) is -1.03. The first-order chi connectivity index (χ1) is 7.06. The monoisotopic (exact) mass is 182 g/mol. The van der Waals surface area contributed by atoms with Crippen molar-refractivity contribution in [1.82, 2.24) is 0 Å². The lowest BCUT2D eigenvalue weighted by molar-refractivity contribution is -0.146. The maximum absolute atomic E-state index is 10.9. The topological polar surface area (TPSA) is 35.5 Å². The summed E-state index contributed by atoms with van der Waals surface area (Å²) < 4.78 is 23.6. The van der Waals surface area contributed by atoms with Gasteiger partial charge >= 0.3 is 5.97 Å². The molecule has 0 bridgehead atoms. The van der Waals surface area contributed by atoms with Crippen LogP contribution in [0.3, 0.4) is 0 Å². The molecule has 0 heterocycles. The zero-order chi connectivity index (χ0) is 11.3. The van der Waals surface area contributed by atoms with Gasteiger partial charge in [-0.25, -0.2) is 4.79 Å². The lowest BCUT2D eigenvalue weighted by Crippen LogP contribution is -2.09. The molecule has 0 saturated heterocycles. The van der Waals surface area contributed by atoms with E-state index >= 15 is 0 Å². The van der Waals surface area contributed by atoms with E-state index in [4.69, 9.17) is 7.48 Å². The van der Waals surface area contributed by atoms with Gasteiger partial charge in [0.15, 0.2) is 0 Å². The Labute approximate surface area is 80.1 Å². The van der Waals surface area contributed by atoms with Crippen molar-refractivity contribution < 1.29 is 17.0 Å². The Hall–Kier alpha value is -1.35. The fraction of sp³-hybridized carbons (Fsp3) is 0.300. The van der Waals surface area contributed by atoms with Gasteiger partial charge in [0.1, 0.15) is 6.56 Å². The zero-order valence-corrected chi connectivity index (χ0v) is 7.32. The van der Waals surface area contributed by atoms with Crippen LogP contribution in [0.15, 0.2) is 30.3 Å². The molecule has 0 fully saturated rings. The molecule has 70 valence electrons. The molecule has 0 N–H and O–H groups in total. The summed E-state index contributed by atoms with van der Waals surface area (Å²) in [4.78, 5) is 10.9. The van der Waals surface area contributed by atoms with Gasteiger partial charge in [0.2, 0.25) is 0 Å². The molecule has 3 nitrogen and oxygen atoms in total. The predicted octanol–water partition coefficient (Wildman–Crippen LogP) is 1.38. The second-order valence-corrected chi connectivity index (χ2v) is 2.37. The van der Waals surface area contributed by atoms with Gasteiger partial charge in [-0.15, -0.1) is 0 Å². The standard InChI is InChI=1S/C10H12O3/c1-12-10(11)8-13-7-9-5-3-2-4-6-9/h2-6H,7-8H2,1H3/i8D2. The van der Waals surface area contributed by atoms with Crippen LogP contribution in [0.5, 0.6) is 0 Å². The van der Waals surface area contributed by atoms with Crippen molar-refractivity contribution in [3.63, 3.8) is 0 Å². The first kappa shape index (κ1) is 7.09. The summed E-state index contributed by atoms with van der Waals surface area (Å²) in [6.07, 6.45) is 0. The molecule has 0 aliphatic heterocycles. The molecule has 0 unspecified atom stereocenters. The molecule has 1 aromatic carbocycles. The highest BCUT2D eigenvalue weighted by molar-refractivity contribution is 5.70. The number of methoxy groups -OCH3 is 1. The van der Waals surface area contributed by atoms with Crippen LogP contribution in [0.2, 0.25) is 0 Å². The Morgan fingerprint density at radius 2 is 2.15 bits per heavy atom. The molecule has 0 amide bonds. The minimum atomic E-state index is -2.40. The third kappa shape index (κ3) is 3.71. The number of hydrogen-bond acceptors (Lipinski definition) is 3. The molecule has 3 heteroatoms. The quantitative estimate of drug-likeness (QED) is 0.660. The number of esters is 1. The summed E-state index contributed by atoms with van der Waals surface area (Å²) >= 11 is 0. The molecule has 0 aliphatic carbocycles. The molecule has 0 radical (unpaired) electrons. The molecule has 0 aliphatic rings. The van der Waals surface area contributed by atoms with Crippen LogP contribution >= 0.6 is 0 Å². The largest absolute Gasteiger partial charge is 0.467 e. The molecule has 1 aromatic rings. The van der Waals surface area contributed by atoms with Crippen LogP contribution in [-0.2, 0) is 20.9 Å². The first-order valence-corrected chi connectivity index (χ1v) is 3.82. The first-order valence-electron chi connectivity index (χ1n) is 4.82. The van der Waals surface area contributed by atoms with Gasteiger partial charge in [-0.2, -0.15) is 0 Å². The lowest BCUT2D eigenvalue weighted by Gasteiger charge is -2.02. The van der Waals surface area contributed by atoms with Crippen LogP contribution in [-0.4, -0.2) is 19.6 Å². The Morgan fingerprint density at radius 1 is 1.46 bits per heavy atom. The van der Waals surface area contributed by atoms with Crippen molar-refractivity contribution >= 4 is 5.97 Å². The van der Waals surface area contributed by atoms with E-state index < -0.39 is 12.5 Å². The summed E-state index contributed by atoms with van der Waals surface area (Å²) in [6, 6.07) is 9.04. The third-order valence-corrected chi connectivity index (χ3v) is 1.42. The van der Waals surface area contributed by atoms with Crippen molar-refractivity contribution in [2.45, 2.75) is 6.61 Å². The smallest absolute Gasteiger partial charge is 0.331 e. The van der Waals surface area contributed by atoms with Crippen LogP contribution in [0.25, 0.3) is 0 Å². The minimum absolute atomic E-state index is 0.0307. The number of ether oxygens (including phenoxy) is 2. The second kappa shape index (κ2) is 5.32. The highest BCUT2D eigenvalue weighted by Gasteiger charge is 1.99. The highest BCUT2D eigenvalue weighted by atomic mass is 16.6. The van der Waals surface area contributed by atoms with E-state index in [-0.39, 0.29) is 6.61 Å². The average molecular weight is 182 g/mol. The zero-order valence-electron chi connectivity index (χ0n) is 9.32. The van der Waals surface area contributed by atoms with Gasteiger partial charge in [0.05, 0.1) is 16.5 Å². The number of carbonyl (C=O) groups excluding carboxylic acids is 1. The highest BCUT2D eigenvalue weighted by Crippen LogP contribution is 1.99. The Bertz CT molecular complexity index is 325. The lowest BCUT2D eigenvalue weighted by atomic mass is 10.2. The SMILES string of the molecule is [2H]C([2H])(OCc1ccccc1)C(=O)OC. The molecule has 1 rings (SSSR count). The van der Waals surface area contributed by atoms with Crippen LogP contribution in [0.4, 0.5) is 0 Å². The molecular formula is C10H12O3. The number of hydrogen-bond donors (Lipinski definition) is 0. The second-order valence-electron chi connectivity index (χ2n) is 2.37. The Kier molecular flexibility index (Phi) is 2.90. The summed E-state index contributed by atoms with van der Waals surface area (Å²) in [7, 11) is 1.12. The molecular weight excluding hydrogens is 168 g/mol. The average Bonchev–Trinajstić information content (AvgIpc) is 2.27. The summed E-state index contributed by atoms with van der Waals surface area (Å²) in [5.41, 5.74) is 0.797. The molecule has 0 spiro atoms. The van der Waals surface area contributed by atoms with E-state index in [1.165, 1.54) is 0 Å². The predicted molar refractivity (Wildman–Crippen MR) is 48.1 cm³/mol. The van der Waals surface area contributed by atoms with Gasteiger partial charge in [0, 0.05) is 0 Å². The molecule has 0 atom stereocenters. The van der Waals surface area contributed by atoms with Crippen molar-refractivity contribution in [3.05, 3.63) is 35.9 Å². The van der Waals surface area contributed by atoms with E-state index in [2.05, 4.69) is 4.74 Å². The van der Waals surface area contributed by atoms with Crippen molar-refractivity contribution in [2.75, 3.05) is 13.7 Å². The Balaban J connectivity index is 2.53. The van der Waals surface area contributed by atoms with E-state index in [0.29, 0.717) is 0 Å². The van der Waals surface area contributed by atoms with E-state index in [0.717, 1.165) is 12.7 Å². The van der Waals surface area contributed by atoms with Gasteiger partial charge in [-0.05, 0) is 5.56 Å². The van der Waals surface area contributed by atoms with E-state index in [9.17, 15) is 4.79 Å². The molecule has 0 aromatic heterocycles. The van der Waals surface area contributed by atoms with E-state index in [1.807, 2.05) is 18.2 Å². The van der Waals surface area contributed by atoms with Gasteiger partial charge in [0.25, 0.3) is 0 Å². The van der Waals surface area contributed by atoms with Crippen LogP contribution in [0, 0.1) is 0 Å². The fourth-order valence-electron chi connectivity index (χ4n) is 0.794. The van der Waals surface area contributed by atoms with Crippen molar-refractivity contribution in [2.24, 2.45) is 0 Å². The molecule has 13 heavy (non-hydrogen) atoms. The van der Waals surface area contributed by atoms with Gasteiger partial charge < -0.3 is 9.47 Å². The normalized spacial score (nSPS) is 13.0. The minimum Gasteiger partial charge on any atom is -0.467 e. The number of rotatable bonds is 4. The number of benzene rings is 1. The van der Waals surface area contributed by atoms with Crippen LogP contribution < -0.4 is 0 Å². The molecule has 0 saturated carbocycles. The van der Waals surface area contributed by atoms with Gasteiger partial charge in [-0.3, -0.25) is 0 Å². The Morgan fingerprint density at radius 3 is 2.77 bits per heavy atom. The van der Waals surface area contributed by atoms with E-state index in [1.54, 1.807) is 12.1 Å². The summed E-state index contributed by atoms with van der Waals surface area (Å²) in [6.45, 7) is -2.37. The van der Waals surface area contributed by atoms with Crippen molar-refractivity contribution in [1.29, 1.82) is 0 Å². The van der Waals surface area contributed by atoms with Crippen molar-refractivity contribution in [3.8, 4) is 0 Å². The summed E-state index contributed by atoms with van der Waals surface area (Å²) in [5, 5.41) is 0. The maximum atomic E-state index is 10.9.